The van der Waals surface area contributed by atoms with Crippen LogP contribution >= 0.6 is 0 Å². The van der Waals surface area contributed by atoms with E-state index in [0.29, 0.717) is 13.0 Å². The fourth-order valence-corrected chi connectivity index (χ4v) is 5.99. The summed E-state index contributed by atoms with van der Waals surface area (Å²) >= 11 is 0. The third kappa shape index (κ3) is 3.89. The Morgan fingerprint density at radius 1 is 1.33 bits per heavy atom. The van der Waals surface area contributed by atoms with Crippen LogP contribution in [-0.4, -0.2) is 61.0 Å². The molecule has 2 aliphatic heterocycles. The SMILES string of the molecule is Cc1cccc2c(CC(=O)N(CC3CCCO3)C3CCS(=O)(=O)C3)c[nH]c12. The Kier molecular flexibility index (Phi) is 4.99. The lowest BCUT2D eigenvalue weighted by Gasteiger charge is -2.30. The summed E-state index contributed by atoms with van der Waals surface area (Å²) in [6, 6.07) is 5.81. The van der Waals surface area contributed by atoms with Gasteiger partial charge in [0.05, 0.1) is 24.0 Å². The molecular weight excluding hydrogens is 364 g/mol. The van der Waals surface area contributed by atoms with E-state index in [1.807, 2.05) is 31.3 Å². The van der Waals surface area contributed by atoms with Gasteiger partial charge in [0.25, 0.3) is 0 Å². The molecule has 1 aromatic heterocycles. The lowest BCUT2D eigenvalue weighted by atomic mass is 10.1. The third-order valence-electron chi connectivity index (χ3n) is 5.74. The van der Waals surface area contributed by atoms with Crippen LogP contribution in [0.2, 0.25) is 0 Å². The molecule has 4 rings (SSSR count). The van der Waals surface area contributed by atoms with Gasteiger partial charge in [-0.1, -0.05) is 18.2 Å². The molecule has 146 valence electrons. The van der Waals surface area contributed by atoms with Crippen LogP contribution in [0.3, 0.4) is 0 Å². The lowest BCUT2D eigenvalue weighted by molar-refractivity contribution is -0.134. The van der Waals surface area contributed by atoms with Gasteiger partial charge in [-0.3, -0.25) is 4.79 Å². The highest BCUT2D eigenvalue weighted by molar-refractivity contribution is 7.91. The van der Waals surface area contributed by atoms with Gasteiger partial charge >= 0.3 is 0 Å². The standard InChI is InChI=1S/C20H26N2O4S/c1-14-4-2-6-18-15(11-21-20(14)18)10-19(23)22(12-17-5-3-8-26-17)16-7-9-27(24,25)13-16/h2,4,6,11,16-17,21H,3,5,7-10,12-13H2,1H3. The summed E-state index contributed by atoms with van der Waals surface area (Å²) in [5, 5.41) is 1.06. The van der Waals surface area contributed by atoms with Crippen LogP contribution < -0.4 is 0 Å². The maximum atomic E-state index is 13.2. The van der Waals surface area contributed by atoms with E-state index in [1.165, 1.54) is 0 Å². The van der Waals surface area contributed by atoms with Crippen molar-refractivity contribution in [3.63, 3.8) is 0 Å². The number of amides is 1. The van der Waals surface area contributed by atoms with E-state index < -0.39 is 9.84 Å². The molecule has 2 aromatic rings. The highest BCUT2D eigenvalue weighted by atomic mass is 32.2. The maximum absolute atomic E-state index is 13.2. The molecular formula is C20H26N2O4S. The molecule has 2 aliphatic rings. The molecule has 2 fully saturated rings. The van der Waals surface area contributed by atoms with Crippen LogP contribution in [0.1, 0.15) is 30.4 Å². The Morgan fingerprint density at radius 2 is 2.19 bits per heavy atom. The minimum absolute atomic E-state index is 0.0162. The number of aromatic nitrogens is 1. The number of nitrogens with one attached hydrogen (secondary N) is 1. The number of ether oxygens (including phenoxy) is 1. The molecule has 0 spiro atoms. The number of H-pyrrole nitrogens is 1. The van der Waals surface area contributed by atoms with Gasteiger partial charge in [-0.2, -0.15) is 0 Å². The van der Waals surface area contributed by atoms with Gasteiger partial charge in [0, 0.05) is 36.3 Å². The van der Waals surface area contributed by atoms with Crippen LogP contribution in [0, 0.1) is 6.92 Å². The Bertz CT molecular complexity index is 944. The summed E-state index contributed by atoms with van der Waals surface area (Å²) in [4.78, 5) is 18.2. The van der Waals surface area contributed by atoms with Crippen LogP contribution in [-0.2, 0) is 25.8 Å². The molecule has 27 heavy (non-hydrogen) atoms. The first-order valence-corrected chi connectivity index (χ1v) is 11.4. The second-order valence-corrected chi connectivity index (χ2v) is 9.95. The average molecular weight is 391 g/mol. The fraction of sp³-hybridized carbons (Fsp3) is 0.550. The number of sulfone groups is 1. The van der Waals surface area contributed by atoms with Crippen LogP contribution in [0.5, 0.6) is 0 Å². The predicted molar refractivity (Wildman–Crippen MR) is 104 cm³/mol. The number of aromatic amines is 1. The molecule has 1 N–H and O–H groups in total. The number of para-hydroxylation sites is 1. The molecule has 7 heteroatoms. The number of hydrogen-bond donors (Lipinski definition) is 1. The first-order chi connectivity index (χ1) is 12.9. The lowest BCUT2D eigenvalue weighted by Crippen LogP contribution is -2.45. The normalized spacial score (nSPS) is 24.5. The highest BCUT2D eigenvalue weighted by Gasteiger charge is 2.36. The molecule has 0 bridgehead atoms. The Morgan fingerprint density at radius 3 is 2.89 bits per heavy atom. The molecule has 2 unspecified atom stereocenters. The van der Waals surface area contributed by atoms with E-state index >= 15 is 0 Å². The zero-order valence-electron chi connectivity index (χ0n) is 15.6. The number of rotatable bonds is 5. The molecule has 2 atom stereocenters. The van der Waals surface area contributed by atoms with Crippen LogP contribution in [0.4, 0.5) is 0 Å². The molecule has 2 saturated heterocycles. The smallest absolute Gasteiger partial charge is 0.227 e. The molecule has 0 saturated carbocycles. The van der Waals surface area contributed by atoms with Crippen LogP contribution in [0.25, 0.3) is 10.9 Å². The van der Waals surface area contributed by atoms with Gasteiger partial charge in [0.1, 0.15) is 0 Å². The van der Waals surface area contributed by atoms with E-state index in [-0.39, 0.29) is 36.0 Å². The van der Waals surface area contributed by atoms with Gasteiger partial charge in [-0.25, -0.2) is 8.42 Å². The molecule has 1 aromatic carbocycles. The van der Waals surface area contributed by atoms with Crippen molar-refractivity contribution in [3.8, 4) is 0 Å². The van der Waals surface area contributed by atoms with Crippen molar-refractivity contribution < 1.29 is 17.9 Å². The zero-order valence-corrected chi connectivity index (χ0v) is 16.4. The van der Waals surface area contributed by atoms with E-state index in [2.05, 4.69) is 4.98 Å². The van der Waals surface area contributed by atoms with Gasteiger partial charge in [0.2, 0.25) is 5.91 Å². The van der Waals surface area contributed by atoms with E-state index in [9.17, 15) is 13.2 Å². The monoisotopic (exact) mass is 390 g/mol. The van der Waals surface area contributed by atoms with Gasteiger partial charge in [0.15, 0.2) is 9.84 Å². The summed E-state index contributed by atoms with van der Waals surface area (Å²) < 4.78 is 29.6. The van der Waals surface area contributed by atoms with Crippen molar-refractivity contribution in [2.75, 3.05) is 24.7 Å². The van der Waals surface area contributed by atoms with Crippen molar-refractivity contribution in [1.29, 1.82) is 0 Å². The third-order valence-corrected chi connectivity index (χ3v) is 7.50. The van der Waals surface area contributed by atoms with E-state index in [4.69, 9.17) is 4.74 Å². The summed E-state index contributed by atoms with van der Waals surface area (Å²) in [5.41, 5.74) is 3.15. The summed E-state index contributed by atoms with van der Waals surface area (Å²) in [6.07, 6.45) is 4.63. The number of carbonyl (C=O) groups excluding carboxylic acids is 1. The molecule has 3 heterocycles. The summed E-state index contributed by atoms with van der Waals surface area (Å²) in [7, 11) is -3.05. The summed E-state index contributed by atoms with van der Waals surface area (Å²) in [5.74, 6) is 0.215. The Labute approximate surface area is 159 Å². The van der Waals surface area contributed by atoms with Gasteiger partial charge < -0.3 is 14.6 Å². The van der Waals surface area contributed by atoms with E-state index in [1.54, 1.807) is 4.90 Å². The van der Waals surface area contributed by atoms with Crippen molar-refractivity contribution in [2.24, 2.45) is 0 Å². The van der Waals surface area contributed by atoms with E-state index in [0.717, 1.165) is 41.5 Å². The van der Waals surface area contributed by atoms with Crippen molar-refractivity contribution in [3.05, 3.63) is 35.5 Å². The zero-order chi connectivity index (χ0) is 19.0. The first kappa shape index (κ1) is 18.5. The molecule has 1 amide bonds. The Hall–Kier alpha value is -1.86. The fourth-order valence-electron chi connectivity index (χ4n) is 4.26. The summed E-state index contributed by atoms with van der Waals surface area (Å²) in [6.45, 7) is 3.25. The maximum Gasteiger partial charge on any atom is 0.227 e. The minimum Gasteiger partial charge on any atom is -0.376 e. The Balaban J connectivity index is 1.56. The van der Waals surface area contributed by atoms with Crippen molar-refractivity contribution in [2.45, 2.75) is 44.8 Å². The topological polar surface area (TPSA) is 79.5 Å². The van der Waals surface area contributed by atoms with Crippen molar-refractivity contribution in [1.82, 2.24) is 9.88 Å². The minimum atomic E-state index is -3.05. The number of aryl methyl sites for hydroxylation is 1. The average Bonchev–Trinajstić information content (AvgIpc) is 3.34. The second kappa shape index (κ2) is 7.28. The molecule has 0 radical (unpaired) electrons. The van der Waals surface area contributed by atoms with Crippen molar-refractivity contribution >= 4 is 26.6 Å². The molecule has 0 aliphatic carbocycles. The first-order valence-electron chi connectivity index (χ1n) is 9.60. The highest BCUT2D eigenvalue weighted by Crippen LogP contribution is 2.25. The number of fused-ring (bicyclic) bond motifs is 1. The predicted octanol–water partition coefficient (Wildman–Crippen LogP) is 2.21. The van der Waals surface area contributed by atoms with Crippen LogP contribution in [0.15, 0.2) is 24.4 Å². The molecule has 6 nitrogen and oxygen atoms in total. The number of carbonyl (C=O) groups is 1. The van der Waals surface area contributed by atoms with Gasteiger partial charge in [-0.15, -0.1) is 0 Å². The quantitative estimate of drug-likeness (QED) is 0.849. The van der Waals surface area contributed by atoms with Gasteiger partial charge in [-0.05, 0) is 37.3 Å². The second-order valence-electron chi connectivity index (χ2n) is 7.73. The number of nitrogens with zero attached hydrogens (tertiary/aromatic N) is 1. The number of hydrogen-bond acceptors (Lipinski definition) is 4. The largest absolute Gasteiger partial charge is 0.376 e. The number of benzene rings is 1.